The fraction of sp³-hybridized carbons (Fsp3) is 0.391. The highest BCUT2D eigenvalue weighted by molar-refractivity contribution is 5.63. The normalized spacial score (nSPS) is 24.8. The van der Waals surface area contributed by atoms with Crippen LogP contribution in [0, 0.1) is 0 Å². The molecule has 2 saturated heterocycles. The van der Waals surface area contributed by atoms with Crippen molar-refractivity contribution in [3.8, 4) is 11.3 Å². The zero-order valence-corrected chi connectivity index (χ0v) is 17.7. The third kappa shape index (κ3) is 4.27. The minimum absolute atomic E-state index is 0.00535. The molecule has 8 nitrogen and oxygen atoms in total. The summed E-state index contributed by atoms with van der Waals surface area (Å²) in [4.78, 5) is 11.2. The molecule has 2 aromatic heterocycles. The van der Waals surface area contributed by atoms with Crippen LogP contribution in [-0.2, 0) is 16.0 Å². The van der Waals surface area contributed by atoms with E-state index in [2.05, 4.69) is 44.8 Å². The number of benzene rings is 1. The van der Waals surface area contributed by atoms with E-state index in [0.29, 0.717) is 25.7 Å². The van der Waals surface area contributed by atoms with E-state index in [1.807, 2.05) is 32.3 Å². The third-order valence-electron chi connectivity index (χ3n) is 5.82. The number of ether oxygens (including phenoxy) is 2. The Bertz CT molecular complexity index is 993. The number of aromatic nitrogens is 2. The van der Waals surface area contributed by atoms with Crippen molar-refractivity contribution in [2.45, 2.75) is 30.8 Å². The molecule has 4 heterocycles. The molecule has 2 fully saturated rings. The molecule has 1 aromatic carbocycles. The van der Waals surface area contributed by atoms with Gasteiger partial charge in [-0.05, 0) is 30.3 Å². The van der Waals surface area contributed by atoms with Crippen LogP contribution in [0.4, 0.5) is 11.6 Å². The summed E-state index contributed by atoms with van der Waals surface area (Å²) in [6.07, 6.45) is 3.41. The Morgan fingerprint density at radius 3 is 2.52 bits per heavy atom. The molecule has 0 bridgehead atoms. The summed E-state index contributed by atoms with van der Waals surface area (Å²) in [6.45, 7) is 1.82. The maximum Gasteiger partial charge on any atom is 0.223 e. The first-order chi connectivity index (χ1) is 15.2. The minimum atomic E-state index is -0.0410. The summed E-state index contributed by atoms with van der Waals surface area (Å²) in [5.74, 6) is 1.49. The maximum absolute atomic E-state index is 6.05. The number of hydrogen-bond acceptors (Lipinski definition) is 8. The summed E-state index contributed by atoms with van der Waals surface area (Å²) in [5, 5.41) is 6.89. The Balaban J connectivity index is 1.22. The molecule has 2 aliphatic rings. The van der Waals surface area contributed by atoms with Crippen LogP contribution >= 0.6 is 0 Å². The highest BCUT2D eigenvalue weighted by atomic mass is 16.6. The fourth-order valence-electron chi connectivity index (χ4n) is 4.13. The summed E-state index contributed by atoms with van der Waals surface area (Å²) < 4.78 is 17.5. The Morgan fingerprint density at radius 1 is 1.00 bits per heavy atom. The quantitative estimate of drug-likeness (QED) is 0.602. The zero-order valence-electron chi connectivity index (χ0n) is 17.7. The van der Waals surface area contributed by atoms with E-state index in [4.69, 9.17) is 18.9 Å². The predicted molar refractivity (Wildman–Crippen MR) is 118 cm³/mol. The second-order valence-electron chi connectivity index (χ2n) is 8.12. The van der Waals surface area contributed by atoms with Crippen LogP contribution < -0.4 is 15.5 Å². The zero-order chi connectivity index (χ0) is 21.2. The van der Waals surface area contributed by atoms with Crippen LogP contribution in [0.3, 0.4) is 0 Å². The van der Waals surface area contributed by atoms with Crippen LogP contribution in [-0.4, -0.2) is 61.6 Å². The molecule has 5 rings (SSSR count). The van der Waals surface area contributed by atoms with Crippen molar-refractivity contribution in [2.75, 3.05) is 37.5 Å². The molecular weight excluding hydrogens is 394 g/mol. The van der Waals surface area contributed by atoms with Gasteiger partial charge in [0, 0.05) is 31.5 Å². The van der Waals surface area contributed by atoms with Gasteiger partial charge in [0.1, 0.15) is 18.0 Å². The van der Waals surface area contributed by atoms with Crippen LogP contribution in [0.1, 0.15) is 5.76 Å². The van der Waals surface area contributed by atoms with E-state index >= 15 is 0 Å². The number of fused-ring (bicyclic) bond motifs is 1. The molecule has 8 heteroatoms. The van der Waals surface area contributed by atoms with Gasteiger partial charge in [0.2, 0.25) is 5.95 Å². The van der Waals surface area contributed by atoms with Crippen molar-refractivity contribution >= 4 is 11.6 Å². The van der Waals surface area contributed by atoms with E-state index in [1.54, 1.807) is 12.5 Å². The summed E-state index contributed by atoms with van der Waals surface area (Å²) in [5.41, 5.74) is 3.08. The third-order valence-corrected chi connectivity index (χ3v) is 5.82. The largest absolute Gasteiger partial charge is 0.468 e. The van der Waals surface area contributed by atoms with Gasteiger partial charge in [-0.25, -0.2) is 9.97 Å². The second kappa shape index (κ2) is 8.66. The molecule has 0 aliphatic carbocycles. The Morgan fingerprint density at radius 2 is 1.77 bits per heavy atom. The van der Waals surface area contributed by atoms with Crippen molar-refractivity contribution in [1.29, 1.82) is 0 Å². The lowest BCUT2D eigenvalue weighted by Crippen LogP contribution is -2.41. The summed E-state index contributed by atoms with van der Waals surface area (Å²) in [7, 11) is 4.06. The molecule has 0 unspecified atom stereocenters. The smallest absolute Gasteiger partial charge is 0.223 e. The molecule has 31 heavy (non-hydrogen) atoms. The van der Waals surface area contributed by atoms with E-state index in [0.717, 1.165) is 22.7 Å². The Labute approximate surface area is 181 Å². The van der Waals surface area contributed by atoms with Crippen molar-refractivity contribution in [1.82, 2.24) is 15.3 Å². The number of hydrogen-bond donors (Lipinski definition) is 2. The van der Waals surface area contributed by atoms with Crippen LogP contribution in [0.2, 0.25) is 0 Å². The van der Waals surface area contributed by atoms with E-state index in [-0.39, 0.29) is 24.3 Å². The number of nitrogens with one attached hydrogen (secondary N) is 2. The van der Waals surface area contributed by atoms with Crippen LogP contribution in [0.5, 0.6) is 0 Å². The van der Waals surface area contributed by atoms with Gasteiger partial charge in [-0.3, -0.25) is 0 Å². The van der Waals surface area contributed by atoms with Gasteiger partial charge in [0.05, 0.1) is 43.8 Å². The Hall–Kier alpha value is -2.94. The fourth-order valence-corrected chi connectivity index (χ4v) is 4.13. The SMILES string of the molecule is CN(C)c1ccc(-c2ccnc(N[C@H]3CO[C@H]4[C@@H]3OC[C@@H]4NCc3ccco3)n2)cc1. The van der Waals surface area contributed by atoms with E-state index < -0.39 is 0 Å². The number of rotatable bonds is 7. The molecule has 0 spiro atoms. The van der Waals surface area contributed by atoms with Gasteiger partial charge in [0.15, 0.2) is 0 Å². The highest BCUT2D eigenvalue weighted by Crippen LogP contribution is 2.29. The van der Waals surface area contributed by atoms with Crippen molar-refractivity contribution < 1.29 is 13.9 Å². The average molecular weight is 422 g/mol. The molecule has 4 atom stereocenters. The van der Waals surface area contributed by atoms with Gasteiger partial charge in [-0.15, -0.1) is 0 Å². The molecule has 0 radical (unpaired) electrons. The van der Waals surface area contributed by atoms with E-state index in [9.17, 15) is 0 Å². The van der Waals surface area contributed by atoms with Crippen molar-refractivity contribution in [3.63, 3.8) is 0 Å². The predicted octanol–water partition coefficient (Wildman–Crippen LogP) is 2.54. The minimum Gasteiger partial charge on any atom is -0.468 e. The lowest BCUT2D eigenvalue weighted by molar-refractivity contribution is 0.0673. The monoisotopic (exact) mass is 421 g/mol. The first-order valence-corrected chi connectivity index (χ1v) is 10.5. The number of nitrogens with zero attached hydrogens (tertiary/aromatic N) is 3. The molecule has 162 valence electrons. The summed E-state index contributed by atoms with van der Waals surface area (Å²) in [6, 6.07) is 14.2. The van der Waals surface area contributed by atoms with Gasteiger partial charge in [-0.1, -0.05) is 12.1 Å². The van der Waals surface area contributed by atoms with Gasteiger partial charge in [0.25, 0.3) is 0 Å². The lowest BCUT2D eigenvalue weighted by Gasteiger charge is -2.18. The van der Waals surface area contributed by atoms with Crippen molar-refractivity contribution in [3.05, 3.63) is 60.7 Å². The molecule has 3 aromatic rings. The first kappa shape index (κ1) is 20.0. The van der Waals surface area contributed by atoms with E-state index in [1.165, 1.54) is 0 Å². The molecule has 2 aliphatic heterocycles. The first-order valence-electron chi connectivity index (χ1n) is 10.5. The van der Waals surface area contributed by atoms with Gasteiger partial charge < -0.3 is 29.4 Å². The number of anilines is 2. The summed E-state index contributed by atoms with van der Waals surface area (Å²) >= 11 is 0. The average Bonchev–Trinajstić information content (AvgIpc) is 3.52. The lowest BCUT2D eigenvalue weighted by atomic mass is 10.1. The second-order valence-corrected chi connectivity index (χ2v) is 8.12. The topological polar surface area (TPSA) is 84.7 Å². The van der Waals surface area contributed by atoms with Gasteiger partial charge >= 0.3 is 0 Å². The molecule has 0 amide bonds. The Kier molecular flexibility index (Phi) is 5.59. The van der Waals surface area contributed by atoms with Crippen molar-refractivity contribution in [2.24, 2.45) is 0 Å². The molecular formula is C23H27N5O3. The van der Waals surface area contributed by atoms with Gasteiger partial charge in [-0.2, -0.15) is 0 Å². The van der Waals surface area contributed by atoms with Crippen LogP contribution in [0.25, 0.3) is 11.3 Å². The highest BCUT2D eigenvalue weighted by Gasteiger charge is 2.47. The maximum atomic E-state index is 6.05. The van der Waals surface area contributed by atoms with Crippen LogP contribution in [0.15, 0.2) is 59.3 Å². The molecule has 0 saturated carbocycles. The standard InChI is InChI=1S/C23H27N5O3/c1-28(2)16-7-5-15(6-8-16)18-9-10-24-23(26-18)27-20-14-31-21-19(13-30-22(20)21)25-12-17-4-3-11-29-17/h3-11,19-22,25H,12-14H2,1-2H3,(H,24,26,27)/t19-,20-,21+,22+/m0/s1. The molecule has 2 N–H and O–H groups in total. The number of furan rings is 1.